The van der Waals surface area contributed by atoms with E-state index in [0.717, 1.165) is 10.6 Å². The van der Waals surface area contributed by atoms with Gasteiger partial charge in [0.2, 0.25) is 5.91 Å². The normalized spacial score (nSPS) is 10.3. The van der Waals surface area contributed by atoms with E-state index in [-0.39, 0.29) is 11.7 Å². The number of hydrogen-bond acceptors (Lipinski definition) is 4. The van der Waals surface area contributed by atoms with Crippen molar-refractivity contribution >= 4 is 29.1 Å². The molecule has 1 aromatic carbocycles. The molecule has 2 aromatic rings. The minimum atomic E-state index is -0.0461. The first kappa shape index (κ1) is 16.2. The molecule has 0 radical (unpaired) electrons. The summed E-state index contributed by atoms with van der Waals surface area (Å²) in [6, 6.07) is 10.9. The molecule has 1 amide bonds. The molecule has 0 unspecified atom stereocenters. The van der Waals surface area contributed by atoms with E-state index in [1.807, 2.05) is 25.3 Å². The number of hydrogen-bond donors (Lipinski definition) is 1. The van der Waals surface area contributed by atoms with E-state index in [9.17, 15) is 9.59 Å². The van der Waals surface area contributed by atoms with Crippen LogP contribution in [0.15, 0.2) is 47.6 Å². The fourth-order valence-electron chi connectivity index (χ4n) is 1.80. The van der Waals surface area contributed by atoms with Crippen molar-refractivity contribution in [2.45, 2.75) is 25.3 Å². The molecule has 22 heavy (non-hydrogen) atoms. The number of carbonyl (C=O) groups is 2. The van der Waals surface area contributed by atoms with Crippen LogP contribution in [-0.4, -0.2) is 22.4 Å². The first-order chi connectivity index (χ1) is 10.5. The summed E-state index contributed by atoms with van der Waals surface area (Å²) in [6.45, 7) is 3.51. The molecular weight excluding hydrogens is 296 g/mol. The number of benzene rings is 1. The van der Waals surface area contributed by atoms with Gasteiger partial charge in [-0.15, -0.1) is 11.8 Å². The summed E-state index contributed by atoms with van der Waals surface area (Å²) in [4.78, 5) is 27.3. The Balaban J connectivity index is 1.77. The highest BCUT2D eigenvalue weighted by atomic mass is 32.2. The predicted molar refractivity (Wildman–Crippen MR) is 89.4 cm³/mol. The van der Waals surface area contributed by atoms with Crippen molar-refractivity contribution in [3.05, 3.63) is 53.7 Å². The summed E-state index contributed by atoms with van der Waals surface area (Å²) in [5, 5.41) is 3.74. The summed E-state index contributed by atoms with van der Waals surface area (Å²) in [5.41, 5.74) is 2.46. The zero-order chi connectivity index (χ0) is 15.9. The zero-order valence-electron chi connectivity index (χ0n) is 12.6. The lowest BCUT2D eigenvalue weighted by Crippen LogP contribution is -2.12. The van der Waals surface area contributed by atoms with Crippen LogP contribution in [0.3, 0.4) is 0 Å². The van der Waals surface area contributed by atoms with E-state index >= 15 is 0 Å². The average molecular weight is 314 g/mol. The van der Waals surface area contributed by atoms with Crippen LogP contribution in [0.1, 0.15) is 29.3 Å². The van der Waals surface area contributed by atoms with Crippen molar-refractivity contribution in [1.82, 2.24) is 4.98 Å². The lowest BCUT2D eigenvalue weighted by Gasteiger charge is -2.06. The van der Waals surface area contributed by atoms with Crippen LogP contribution in [0.25, 0.3) is 0 Å². The number of thioether (sulfide) groups is 1. The second kappa shape index (κ2) is 7.75. The third kappa shape index (κ3) is 5.00. The molecule has 0 saturated heterocycles. The minimum Gasteiger partial charge on any atom is -0.326 e. The Labute approximate surface area is 134 Å². The zero-order valence-corrected chi connectivity index (χ0v) is 13.4. The van der Waals surface area contributed by atoms with Crippen LogP contribution in [0, 0.1) is 6.92 Å². The van der Waals surface area contributed by atoms with Crippen LogP contribution >= 0.6 is 11.8 Å². The van der Waals surface area contributed by atoms with Crippen molar-refractivity contribution in [3.8, 4) is 0 Å². The number of Topliss-reactive ketones (excluding diaryl/α,β-unsaturated/α-hetero) is 1. The third-order valence-corrected chi connectivity index (χ3v) is 3.98. The van der Waals surface area contributed by atoms with Gasteiger partial charge in [-0.25, -0.2) is 4.98 Å². The highest BCUT2D eigenvalue weighted by molar-refractivity contribution is 7.99. The van der Waals surface area contributed by atoms with E-state index in [1.165, 1.54) is 6.92 Å². The Kier molecular flexibility index (Phi) is 5.72. The van der Waals surface area contributed by atoms with Crippen molar-refractivity contribution in [2.24, 2.45) is 0 Å². The van der Waals surface area contributed by atoms with Crippen molar-refractivity contribution in [1.29, 1.82) is 0 Å². The quantitative estimate of drug-likeness (QED) is 0.652. The molecule has 114 valence electrons. The number of anilines is 1. The molecule has 1 N–H and O–H groups in total. The number of nitrogens with zero attached hydrogens (tertiary/aromatic N) is 1. The number of aryl methyl sites for hydroxylation is 1. The SMILES string of the molecule is CC(=O)c1ccc(NC(=O)CCSc2ccc(C)cn2)cc1. The highest BCUT2D eigenvalue weighted by Crippen LogP contribution is 2.17. The maximum absolute atomic E-state index is 11.9. The number of aromatic nitrogens is 1. The number of carbonyl (C=O) groups excluding carboxylic acids is 2. The molecule has 2 rings (SSSR count). The molecule has 1 heterocycles. The second-order valence-electron chi connectivity index (χ2n) is 4.95. The molecule has 0 fully saturated rings. The molecule has 4 nitrogen and oxygen atoms in total. The number of nitrogens with one attached hydrogen (secondary N) is 1. The van der Waals surface area contributed by atoms with Crippen LogP contribution in [0.2, 0.25) is 0 Å². The molecule has 0 saturated carbocycles. The van der Waals surface area contributed by atoms with Gasteiger partial charge in [-0.1, -0.05) is 6.07 Å². The summed E-state index contributed by atoms with van der Waals surface area (Å²) < 4.78 is 0. The molecule has 0 aliphatic heterocycles. The smallest absolute Gasteiger partial charge is 0.225 e. The lowest BCUT2D eigenvalue weighted by molar-refractivity contribution is -0.115. The molecule has 0 aliphatic rings. The first-order valence-corrected chi connectivity index (χ1v) is 7.99. The van der Waals surface area contributed by atoms with E-state index in [2.05, 4.69) is 10.3 Å². The van der Waals surface area contributed by atoms with Gasteiger partial charge in [0.25, 0.3) is 0 Å². The second-order valence-corrected chi connectivity index (χ2v) is 6.07. The van der Waals surface area contributed by atoms with Crippen LogP contribution in [0.4, 0.5) is 5.69 Å². The maximum Gasteiger partial charge on any atom is 0.225 e. The minimum absolute atomic E-state index is 0.0138. The molecule has 0 spiro atoms. The van der Waals surface area contributed by atoms with E-state index in [1.54, 1.807) is 36.0 Å². The summed E-state index contributed by atoms with van der Waals surface area (Å²) in [5.74, 6) is 0.642. The number of rotatable bonds is 6. The lowest BCUT2D eigenvalue weighted by atomic mass is 10.1. The Morgan fingerprint density at radius 3 is 2.45 bits per heavy atom. The molecule has 0 bridgehead atoms. The Bertz CT molecular complexity index is 651. The van der Waals surface area contributed by atoms with Gasteiger partial charge < -0.3 is 5.32 Å². The van der Waals surface area contributed by atoms with Gasteiger partial charge in [0.1, 0.15) is 0 Å². The van der Waals surface area contributed by atoms with E-state index in [0.29, 0.717) is 23.4 Å². The molecular formula is C17H18N2O2S. The van der Waals surface area contributed by atoms with Gasteiger partial charge in [0.15, 0.2) is 5.78 Å². The Morgan fingerprint density at radius 2 is 1.86 bits per heavy atom. The standard InChI is InChI=1S/C17H18N2O2S/c1-12-3-8-17(18-11-12)22-10-9-16(21)19-15-6-4-14(5-7-15)13(2)20/h3-8,11H,9-10H2,1-2H3,(H,19,21). The van der Waals surface area contributed by atoms with E-state index in [4.69, 9.17) is 0 Å². The Hall–Kier alpha value is -2.14. The summed E-state index contributed by atoms with van der Waals surface area (Å²) in [7, 11) is 0. The van der Waals surface area contributed by atoms with Crippen molar-refractivity contribution in [2.75, 3.05) is 11.1 Å². The average Bonchev–Trinajstić information content (AvgIpc) is 2.50. The van der Waals surface area contributed by atoms with Gasteiger partial charge >= 0.3 is 0 Å². The summed E-state index contributed by atoms with van der Waals surface area (Å²) in [6.07, 6.45) is 2.23. The van der Waals surface area contributed by atoms with Gasteiger partial charge in [-0.05, 0) is 49.7 Å². The van der Waals surface area contributed by atoms with Gasteiger partial charge in [0.05, 0.1) is 5.03 Å². The fourth-order valence-corrected chi connectivity index (χ4v) is 2.59. The number of ketones is 1. The molecule has 0 aliphatic carbocycles. The number of amides is 1. The predicted octanol–water partition coefficient (Wildman–Crippen LogP) is 3.71. The van der Waals surface area contributed by atoms with Crippen molar-refractivity contribution in [3.63, 3.8) is 0 Å². The maximum atomic E-state index is 11.9. The Morgan fingerprint density at radius 1 is 1.14 bits per heavy atom. The highest BCUT2D eigenvalue weighted by Gasteiger charge is 2.05. The monoisotopic (exact) mass is 314 g/mol. The van der Waals surface area contributed by atoms with Crippen LogP contribution < -0.4 is 5.32 Å². The first-order valence-electron chi connectivity index (χ1n) is 7.01. The molecule has 0 atom stereocenters. The molecule has 1 aromatic heterocycles. The largest absolute Gasteiger partial charge is 0.326 e. The fraction of sp³-hybridized carbons (Fsp3) is 0.235. The molecule has 5 heteroatoms. The van der Waals surface area contributed by atoms with Gasteiger partial charge in [-0.2, -0.15) is 0 Å². The summed E-state index contributed by atoms with van der Waals surface area (Å²) >= 11 is 1.56. The third-order valence-electron chi connectivity index (χ3n) is 3.04. The van der Waals surface area contributed by atoms with Crippen LogP contribution in [0.5, 0.6) is 0 Å². The number of pyridine rings is 1. The van der Waals surface area contributed by atoms with Crippen molar-refractivity contribution < 1.29 is 9.59 Å². The van der Waals surface area contributed by atoms with Gasteiger partial charge in [-0.3, -0.25) is 9.59 Å². The topological polar surface area (TPSA) is 59.1 Å². The van der Waals surface area contributed by atoms with E-state index < -0.39 is 0 Å². The van der Waals surface area contributed by atoms with Crippen LogP contribution in [-0.2, 0) is 4.79 Å². The van der Waals surface area contributed by atoms with Gasteiger partial charge in [0, 0.05) is 29.6 Å².